The third kappa shape index (κ3) is 1.86. The van der Waals surface area contributed by atoms with E-state index in [9.17, 15) is 10.1 Å². The van der Waals surface area contributed by atoms with Gasteiger partial charge in [-0.25, -0.2) is 0 Å². The Labute approximate surface area is 82.7 Å². The minimum Gasteiger partial charge on any atom is -0.258 e. The second kappa shape index (κ2) is 3.56. The summed E-state index contributed by atoms with van der Waals surface area (Å²) in [6, 6.07) is 2.31. The van der Waals surface area contributed by atoms with Crippen molar-refractivity contribution in [3.63, 3.8) is 0 Å². The van der Waals surface area contributed by atoms with Crippen molar-refractivity contribution in [3.05, 3.63) is 37.3 Å². The molecule has 0 N–H and O–H groups in total. The van der Waals surface area contributed by atoms with E-state index in [0.29, 0.717) is 0 Å². The van der Waals surface area contributed by atoms with Gasteiger partial charge in [-0.1, -0.05) is 23.2 Å². The van der Waals surface area contributed by atoms with Crippen LogP contribution < -0.4 is 0 Å². The van der Waals surface area contributed by atoms with E-state index < -0.39 is 10.6 Å². The number of nitro benzene ring substituents is 1. The zero-order chi connectivity index (χ0) is 10.0. The third-order valence-electron chi connectivity index (χ3n) is 1.30. The Balaban J connectivity index is 3.50. The predicted octanol–water partition coefficient (Wildman–Crippen LogP) is 3.39. The topological polar surface area (TPSA) is 71.3 Å². The molecule has 0 aliphatic carbocycles. The molecular formula is C6H2Cl2N3O2+. The summed E-state index contributed by atoms with van der Waals surface area (Å²) < 4.78 is 0. The Kier molecular flexibility index (Phi) is 2.66. The molecule has 7 heteroatoms. The number of rotatable bonds is 1. The van der Waals surface area contributed by atoms with Crippen molar-refractivity contribution in [3.8, 4) is 0 Å². The Morgan fingerprint density at radius 3 is 2.54 bits per heavy atom. The van der Waals surface area contributed by atoms with Gasteiger partial charge in [0, 0.05) is 11.1 Å². The van der Waals surface area contributed by atoms with Crippen LogP contribution in [0.5, 0.6) is 0 Å². The molecule has 0 saturated heterocycles. The lowest BCUT2D eigenvalue weighted by atomic mass is 10.3. The summed E-state index contributed by atoms with van der Waals surface area (Å²) in [5.74, 6) is 0. The summed E-state index contributed by atoms with van der Waals surface area (Å²) in [6.07, 6.45) is 0. The quantitative estimate of drug-likeness (QED) is 0.412. The average Bonchev–Trinajstić information content (AvgIpc) is 2.02. The van der Waals surface area contributed by atoms with E-state index in [0.717, 1.165) is 6.07 Å². The van der Waals surface area contributed by atoms with Crippen molar-refractivity contribution in [2.75, 3.05) is 0 Å². The standard InChI is InChI=1S/C6H2Cl2N3O2/c7-3-1-4(8)6(10-9)5(2-3)11(12)13/h1-2H/q+1. The van der Waals surface area contributed by atoms with Gasteiger partial charge in [-0.3, -0.25) is 10.1 Å². The maximum absolute atomic E-state index is 10.4. The summed E-state index contributed by atoms with van der Waals surface area (Å²) >= 11 is 11.0. The first-order valence-corrected chi connectivity index (χ1v) is 3.80. The van der Waals surface area contributed by atoms with Crippen LogP contribution in [0.25, 0.3) is 4.98 Å². The second-order valence-electron chi connectivity index (χ2n) is 2.11. The zero-order valence-electron chi connectivity index (χ0n) is 6.07. The van der Waals surface area contributed by atoms with Crippen molar-refractivity contribution >= 4 is 34.6 Å². The molecule has 1 aromatic carbocycles. The lowest BCUT2D eigenvalue weighted by molar-refractivity contribution is -0.383. The van der Waals surface area contributed by atoms with Crippen LogP contribution in [0.1, 0.15) is 0 Å². The normalized spacial score (nSPS) is 9.31. The van der Waals surface area contributed by atoms with Crippen LogP contribution in [-0.4, -0.2) is 4.92 Å². The molecule has 66 valence electrons. The first kappa shape index (κ1) is 9.71. The highest BCUT2D eigenvalue weighted by atomic mass is 35.5. The summed E-state index contributed by atoms with van der Waals surface area (Å²) in [4.78, 5) is 12.4. The Bertz CT molecular complexity index is 413. The Morgan fingerprint density at radius 2 is 2.08 bits per heavy atom. The number of halogens is 2. The van der Waals surface area contributed by atoms with E-state index in [1.807, 2.05) is 0 Å². The molecule has 5 nitrogen and oxygen atoms in total. The molecule has 0 bridgehead atoms. The number of hydrogen-bond acceptors (Lipinski definition) is 3. The lowest BCUT2D eigenvalue weighted by Crippen LogP contribution is -1.88. The van der Waals surface area contributed by atoms with Crippen molar-refractivity contribution in [2.45, 2.75) is 0 Å². The van der Waals surface area contributed by atoms with E-state index in [-0.39, 0.29) is 15.7 Å². The number of benzene rings is 1. The highest BCUT2D eigenvalue weighted by molar-refractivity contribution is 6.37. The molecule has 0 fully saturated rings. The van der Waals surface area contributed by atoms with Gasteiger partial charge in [-0.2, -0.15) is 0 Å². The minimum atomic E-state index is -0.729. The molecular weight excluding hydrogens is 217 g/mol. The molecule has 0 atom stereocenters. The number of nitrogens with zero attached hydrogens (tertiary/aromatic N) is 3. The summed E-state index contributed by atoms with van der Waals surface area (Å²) in [5, 5.41) is 18.9. The van der Waals surface area contributed by atoms with Gasteiger partial charge in [-0.05, 0) is 6.07 Å². The van der Waals surface area contributed by atoms with Crippen molar-refractivity contribution < 1.29 is 4.92 Å². The van der Waals surface area contributed by atoms with Crippen LogP contribution in [0.15, 0.2) is 12.1 Å². The average molecular weight is 219 g/mol. The molecule has 1 aromatic rings. The zero-order valence-corrected chi connectivity index (χ0v) is 7.58. The Hall–Kier alpha value is -1.38. The fraction of sp³-hybridized carbons (Fsp3) is 0. The van der Waals surface area contributed by atoms with Crippen LogP contribution in [-0.2, 0) is 0 Å². The number of nitro groups is 1. The van der Waals surface area contributed by atoms with Gasteiger partial charge < -0.3 is 0 Å². The van der Waals surface area contributed by atoms with Gasteiger partial charge in [0.05, 0.1) is 4.92 Å². The first-order valence-electron chi connectivity index (χ1n) is 3.05. The monoisotopic (exact) mass is 218 g/mol. The van der Waals surface area contributed by atoms with Crippen molar-refractivity contribution in [2.24, 2.45) is 0 Å². The summed E-state index contributed by atoms with van der Waals surface area (Å²) in [5.41, 5.74) is -0.726. The lowest BCUT2D eigenvalue weighted by Gasteiger charge is -1.90. The maximum atomic E-state index is 10.4. The van der Waals surface area contributed by atoms with E-state index >= 15 is 0 Å². The van der Waals surface area contributed by atoms with Gasteiger partial charge in [0.2, 0.25) is 5.39 Å². The minimum absolute atomic E-state index is 0.0679. The van der Waals surface area contributed by atoms with E-state index in [1.54, 1.807) is 0 Å². The van der Waals surface area contributed by atoms with E-state index in [2.05, 4.69) is 4.98 Å². The highest BCUT2D eigenvalue weighted by Crippen LogP contribution is 2.37. The molecule has 0 saturated carbocycles. The van der Waals surface area contributed by atoms with Gasteiger partial charge in [0.25, 0.3) is 0 Å². The molecule has 0 aliphatic heterocycles. The molecule has 0 aliphatic rings. The summed E-state index contributed by atoms with van der Waals surface area (Å²) in [7, 11) is 0. The van der Waals surface area contributed by atoms with Crippen LogP contribution in [0.3, 0.4) is 0 Å². The second-order valence-corrected chi connectivity index (χ2v) is 2.96. The molecule has 0 heterocycles. The molecule has 0 amide bonds. The molecule has 13 heavy (non-hydrogen) atoms. The van der Waals surface area contributed by atoms with Crippen molar-refractivity contribution in [1.29, 1.82) is 5.39 Å². The first-order chi connectivity index (χ1) is 6.06. The highest BCUT2D eigenvalue weighted by Gasteiger charge is 2.29. The third-order valence-corrected chi connectivity index (χ3v) is 1.81. The predicted molar refractivity (Wildman–Crippen MR) is 47.9 cm³/mol. The van der Waals surface area contributed by atoms with Gasteiger partial charge >= 0.3 is 11.4 Å². The molecule has 0 aromatic heterocycles. The van der Waals surface area contributed by atoms with Crippen LogP contribution in [0.4, 0.5) is 11.4 Å². The van der Waals surface area contributed by atoms with Crippen molar-refractivity contribution in [1.82, 2.24) is 0 Å². The number of hydrogen-bond donors (Lipinski definition) is 0. The Morgan fingerprint density at radius 1 is 1.46 bits per heavy atom. The summed E-state index contributed by atoms with van der Waals surface area (Å²) in [6.45, 7) is 0. The van der Waals surface area contributed by atoms with Crippen LogP contribution in [0, 0.1) is 15.5 Å². The molecule has 0 unspecified atom stereocenters. The van der Waals surface area contributed by atoms with Gasteiger partial charge in [-0.15, -0.1) is 0 Å². The van der Waals surface area contributed by atoms with Crippen LogP contribution in [0.2, 0.25) is 10.0 Å². The van der Waals surface area contributed by atoms with Crippen LogP contribution >= 0.6 is 23.2 Å². The van der Waals surface area contributed by atoms with E-state index in [4.69, 9.17) is 28.6 Å². The molecule has 0 radical (unpaired) electrons. The molecule has 0 spiro atoms. The van der Waals surface area contributed by atoms with Gasteiger partial charge in [0.15, 0.2) is 4.98 Å². The smallest absolute Gasteiger partial charge is 0.258 e. The SMILES string of the molecule is N#[N+]c1c(Cl)cc(Cl)cc1[N+](=O)[O-]. The number of diazo groups is 1. The molecule has 1 rings (SSSR count). The van der Waals surface area contributed by atoms with Gasteiger partial charge in [0.1, 0.15) is 5.02 Å². The van der Waals surface area contributed by atoms with E-state index in [1.165, 1.54) is 6.07 Å². The largest absolute Gasteiger partial charge is 0.479 e. The maximum Gasteiger partial charge on any atom is 0.479 e. The fourth-order valence-electron chi connectivity index (χ4n) is 0.791. The fourth-order valence-corrected chi connectivity index (χ4v) is 1.31.